The number of carbonyl (C=O) groups excluding carboxylic acids is 1. The molecule has 0 aliphatic heterocycles. The van der Waals surface area contributed by atoms with Crippen LogP contribution in [-0.4, -0.2) is 39.7 Å². The molecule has 0 aliphatic rings. The van der Waals surface area contributed by atoms with E-state index in [1.807, 2.05) is 60.0 Å². The van der Waals surface area contributed by atoms with Crippen molar-refractivity contribution in [1.82, 2.24) is 19.7 Å². The van der Waals surface area contributed by atoms with Crippen molar-refractivity contribution < 1.29 is 9.53 Å². The Hall–Kier alpha value is -2.93. The largest absolute Gasteiger partial charge is 0.496 e. The molecule has 146 valence electrons. The van der Waals surface area contributed by atoms with Gasteiger partial charge in [-0.25, -0.2) is 0 Å². The van der Waals surface area contributed by atoms with Gasteiger partial charge in [0.2, 0.25) is 5.91 Å². The highest BCUT2D eigenvalue weighted by atomic mass is 32.1. The Kier molecular flexibility index (Phi) is 6.26. The molecule has 0 spiro atoms. The van der Waals surface area contributed by atoms with Crippen LogP contribution >= 0.6 is 12.2 Å². The molecule has 0 saturated carbocycles. The van der Waals surface area contributed by atoms with Gasteiger partial charge < -0.3 is 9.64 Å². The molecule has 6 nitrogen and oxygen atoms in total. The van der Waals surface area contributed by atoms with E-state index in [0.717, 1.165) is 22.7 Å². The smallest absolute Gasteiger partial charge is 0.224 e. The number of carbonyl (C=O) groups is 1. The van der Waals surface area contributed by atoms with Crippen molar-refractivity contribution in [2.45, 2.75) is 26.4 Å². The van der Waals surface area contributed by atoms with Gasteiger partial charge in [0, 0.05) is 37.7 Å². The van der Waals surface area contributed by atoms with Gasteiger partial charge in [0.15, 0.2) is 10.6 Å². The fourth-order valence-corrected chi connectivity index (χ4v) is 3.25. The number of para-hydroxylation sites is 1. The van der Waals surface area contributed by atoms with E-state index in [1.54, 1.807) is 19.1 Å². The second kappa shape index (κ2) is 8.84. The maximum absolute atomic E-state index is 12.7. The maximum Gasteiger partial charge on any atom is 0.224 e. The van der Waals surface area contributed by atoms with Crippen molar-refractivity contribution in [3.05, 3.63) is 64.4 Å². The van der Waals surface area contributed by atoms with Gasteiger partial charge in [-0.2, -0.15) is 5.10 Å². The number of aromatic amines is 1. The number of amides is 1. The van der Waals surface area contributed by atoms with Gasteiger partial charge in [-0.15, -0.1) is 0 Å². The average molecular weight is 397 g/mol. The summed E-state index contributed by atoms with van der Waals surface area (Å²) in [6.07, 6.45) is 0.332. The van der Waals surface area contributed by atoms with Crippen molar-refractivity contribution in [2.24, 2.45) is 0 Å². The first kappa shape index (κ1) is 19.8. The Balaban J connectivity index is 1.68. The Morgan fingerprint density at radius 3 is 2.64 bits per heavy atom. The average Bonchev–Trinajstić information content (AvgIpc) is 3.07. The van der Waals surface area contributed by atoms with Crippen LogP contribution in [0.4, 0.5) is 0 Å². The van der Waals surface area contributed by atoms with Crippen LogP contribution in [0.2, 0.25) is 0 Å². The summed E-state index contributed by atoms with van der Waals surface area (Å²) < 4.78 is 7.75. The van der Waals surface area contributed by atoms with Gasteiger partial charge in [0.25, 0.3) is 0 Å². The molecular formula is C21H24N4O2S. The predicted octanol–water partition coefficient (Wildman–Crippen LogP) is 3.97. The first-order valence-corrected chi connectivity index (χ1v) is 9.48. The van der Waals surface area contributed by atoms with Gasteiger partial charge in [0.05, 0.1) is 7.11 Å². The van der Waals surface area contributed by atoms with Crippen molar-refractivity contribution >= 4 is 18.1 Å². The molecule has 1 aromatic heterocycles. The number of nitrogens with one attached hydrogen (secondary N) is 1. The molecule has 1 N–H and O–H groups in total. The number of benzene rings is 2. The predicted molar refractivity (Wildman–Crippen MR) is 112 cm³/mol. The normalized spacial score (nSPS) is 10.7. The van der Waals surface area contributed by atoms with Crippen molar-refractivity contribution in [3.63, 3.8) is 0 Å². The fourth-order valence-electron chi connectivity index (χ4n) is 3.02. The van der Waals surface area contributed by atoms with E-state index in [-0.39, 0.29) is 5.91 Å². The van der Waals surface area contributed by atoms with Gasteiger partial charge in [-0.3, -0.25) is 14.5 Å². The number of hydrogen-bond acceptors (Lipinski definition) is 4. The van der Waals surface area contributed by atoms with Gasteiger partial charge in [-0.05, 0) is 25.2 Å². The summed E-state index contributed by atoms with van der Waals surface area (Å²) in [4.78, 5) is 14.4. The van der Waals surface area contributed by atoms with Gasteiger partial charge >= 0.3 is 0 Å². The summed E-state index contributed by atoms with van der Waals surface area (Å²) in [5, 5.41) is 7.17. The summed E-state index contributed by atoms with van der Waals surface area (Å²) in [5.41, 5.74) is 3.12. The molecule has 1 amide bonds. The maximum atomic E-state index is 12.7. The van der Waals surface area contributed by atoms with E-state index in [4.69, 9.17) is 17.0 Å². The zero-order chi connectivity index (χ0) is 20.1. The molecule has 3 aromatic rings. The van der Waals surface area contributed by atoms with E-state index in [2.05, 4.69) is 10.2 Å². The lowest BCUT2D eigenvalue weighted by atomic mass is 10.1. The van der Waals surface area contributed by atoms with E-state index in [1.165, 1.54) is 5.56 Å². The highest BCUT2D eigenvalue weighted by Gasteiger charge is 2.14. The first-order valence-electron chi connectivity index (χ1n) is 9.07. The third-order valence-corrected chi connectivity index (χ3v) is 4.95. The van der Waals surface area contributed by atoms with Crippen molar-refractivity contribution in [3.8, 4) is 17.1 Å². The van der Waals surface area contributed by atoms with E-state index < -0.39 is 0 Å². The van der Waals surface area contributed by atoms with Gasteiger partial charge in [0.1, 0.15) is 5.75 Å². The summed E-state index contributed by atoms with van der Waals surface area (Å²) in [6.45, 7) is 3.00. The number of nitrogens with zero attached hydrogens (tertiary/aromatic N) is 3. The van der Waals surface area contributed by atoms with E-state index in [9.17, 15) is 4.79 Å². The molecule has 1 heterocycles. The van der Waals surface area contributed by atoms with Crippen LogP contribution in [0.15, 0.2) is 48.5 Å². The number of ether oxygens (including phenoxy) is 1. The summed E-state index contributed by atoms with van der Waals surface area (Å²) in [6, 6.07) is 15.8. The molecule has 0 saturated heterocycles. The molecule has 0 atom stereocenters. The molecule has 3 rings (SSSR count). The highest BCUT2D eigenvalue weighted by Crippen LogP contribution is 2.20. The Morgan fingerprint density at radius 2 is 1.93 bits per heavy atom. The number of hydrogen-bond donors (Lipinski definition) is 1. The van der Waals surface area contributed by atoms with Crippen LogP contribution in [0.3, 0.4) is 0 Å². The molecule has 7 heteroatoms. The number of H-pyrrole nitrogens is 1. The quantitative estimate of drug-likeness (QED) is 0.614. The summed E-state index contributed by atoms with van der Waals surface area (Å²) in [7, 11) is 3.43. The van der Waals surface area contributed by atoms with E-state index in [0.29, 0.717) is 24.3 Å². The van der Waals surface area contributed by atoms with Crippen molar-refractivity contribution in [2.75, 3.05) is 14.2 Å². The topological polar surface area (TPSA) is 63.1 Å². The number of methoxy groups -OCH3 is 1. The van der Waals surface area contributed by atoms with Crippen LogP contribution in [0, 0.1) is 11.7 Å². The molecule has 0 aliphatic carbocycles. The van der Waals surface area contributed by atoms with Crippen molar-refractivity contribution in [1.29, 1.82) is 0 Å². The number of aromatic nitrogens is 3. The van der Waals surface area contributed by atoms with Crippen LogP contribution in [-0.2, 0) is 17.9 Å². The third kappa shape index (κ3) is 4.48. The molecule has 28 heavy (non-hydrogen) atoms. The molecule has 2 aromatic carbocycles. The standard InChI is InChI=1S/C21H24N4O2S/c1-15-8-10-16(11-9-15)20-22-23-21(28)25(20)13-12-19(26)24(2)14-17-6-4-5-7-18(17)27-3/h4-11H,12-14H2,1-3H3,(H,23,28). The molecule has 0 bridgehead atoms. The van der Waals surface area contributed by atoms with Crippen LogP contribution in [0.25, 0.3) is 11.4 Å². The third-order valence-electron chi connectivity index (χ3n) is 4.64. The second-order valence-corrected chi connectivity index (χ2v) is 7.07. The zero-order valence-corrected chi connectivity index (χ0v) is 17.1. The highest BCUT2D eigenvalue weighted by molar-refractivity contribution is 7.71. The second-order valence-electron chi connectivity index (χ2n) is 6.68. The molecule has 0 unspecified atom stereocenters. The van der Waals surface area contributed by atoms with E-state index >= 15 is 0 Å². The monoisotopic (exact) mass is 396 g/mol. The number of rotatable bonds is 7. The lowest BCUT2D eigenvalue weighted by Gasteiger charge is -2.19. The Morgan fingerprint density at radius 1 is 1.21 bits per heavy atom. The fraction of sp³-hybridized carbons (Fsp3) is 0.286. The summed E-state index contributed by atoms with van der Waals surface area (Å²) in [5.74, 6) is 1.55. The van der Waals surface area contributed by atoms with Crippen LogP contribution in [0.5, 0.6) is 5.75 Å². The Bertz CT molecular complexity index is 1010. The SMILES string of the molecule is COc1ccccc1CN(C)C(=O)CCn1c(-c2ccc(C)cc2)n[nH]c1=S. The van der Waals surface area contributed by atoms with Crippen LogP contribution < -0.4 is 4.74 Å². The zero-order valence-electron chi connectivity index (χ0n) is 16.3. The lowest BCUT2D eigenvalue weighted by molar-refractivity contribution is -0.130. The Labute approximate surface area is 169 Å². The molecule has 0 fully saturated rings. The molecule has 0 radical (unpaired) electrons. The minimum absolute atomic E-state index is 0.0314. The minimum Gasteiger partial charge on any atom is -0.496 e. The number of aryl methyl sites for hydroxylation is 1. The first-order chi connectivity index (χ1) is 13.5. The molecular weight excluding hydrogens is 372 g/mol. The lowest BCUT2D eigenvalue weighted by Crippen LogP contribution is -2.27. The van der Waals surface area contributed by atoms with Gasteiger partial charge in [-0.1, -0.05) is 48.0 Å². The van der Waals surface area contributed by atoms with Crippen LogP contribution in [0.1, 0.15) is 17.5 Å². The summed E-state index contributed by atoms with van der Waals surface area (Å²) >= 11 is 5.36. The minimum atomic E-state index is 0.0314.